The molecule has 0 heterocycles. The molecular formula is C14H26O8. The Bertz CT molecular complexity index is 296. The van der Waals surface area contributed by atoms with E-state index in [1.54, 1.807) is 13.8 Å². The summed E-state index contributed by atoms with van der Waals surface area (Å²) in [6.07, 6.45) is 0.256. The molecule has 0 saturated heterocycles. The molecular weight excluding hydrogens is 296 g/mol. The van der Waals surface area contributed by atoms with Gasteiger partial charge in [-0.2, -0.15) is 0 Å². The molecule has 0 N–H and O–H groups in total. The van der Waals surface area contributed by atoms with Gasteiger partial charge in [-0.05, 0) is 0 Å². The van der Waals surface area contributed by atoms with Crippen LogP contribution < -0.4 is 0 Å². The highest BCUT2D eigenvalue weighted by Crippen LogP contribution is 2.21. The summed E-state index contributed by atoms with van der Waals surface area (Å²) in [6.45, 7) is 3.47. The van der Waals surface area contributed by atoms with E-state index in [1.807, 2.05) is 0 Å². The van der Waals surface area contributed by atoms with Crippen LogP contribution in [0.5, 0.6) is 0 Å². The first kappa shape index (κ1) is 20.8. The molecule has 8 nitrogen and oxygen atoms in total. The number of rotatable bonds is 11. The minimum Gasteiger partial charge on any atom is -0.408 e. The van der Waals surface area contributed by atoms with Crippen molar-refractivity contribution in [3.05, 3.63) is 0 Å². The molecule has 0 aliphatic carbocycles. The number of carbonyl (C=O) groups excluding carboxylic acids is 2. The fourth-order valence-electron chi connectivity index (χ4n) is 1.71. The van der Waals surface area contributed by atoms with E-state index in [9.17, 15) is 9.59 Å². The molecule has 0 aromatic rings. The molecule has 0 saturated carbocycles. The van der Waals surface area contributed by atoms with Gasteiger partial charge in [-0.1, -0.05) is 13.8 Å². The average molecular weight is 322 g/mol. The summed E-state index contributed by atoms with van der Waals surface area (Å²) in [4.78, 5) is 23.5. The Labute approximate surface area is 130 Å². The highest BCUT2D eigenvalue weighted by molar-refractivity contribution is 5.77. The van der Waals surface area contributed by atoms with Gasteiger partial charge in [0.15, 0.2) is 0 Å². The molecule has 0 unspecified atom stereocenters. The third kappa shape index (κ3) is 5.88. The first-order valence-corrected chi connectivity index (χ1v) is 7.00. The second kappa shape index (κ2) is 9.73. The summed E-state index contributed by atoms with van der Waals surface area (Å²) in [6, 6.07) is 0. The van der Waals surface area contributed by atoms with Crippen LogP contribution in [0.4, 0.5) is 0 Å². The molecule has 0 aromatic carbocycles. The minimum atomic E-state index is -1.44. The van der Waals surface area contributed by atoms with Crippen molar-refractivity contribution in [3.63, 3.8) is 0 Å². The van der Waals surface area contributed by atoms with Gasteiger partial charge in [0, 0.05) is 41.3 Å². The van der Waals surface area contributed by atoms with Crippen molar-refractivity contribution in [2.75, 3.05) is 28.4 Å². The van der Waals surface area contributed by atoms with Crippen LogP contribution in [0.15, 0.2) is 0 Å². The maximum absolute atomic E-state index is 11.8. The maximum Gasteiger partial charge on any atom is 0.328 e. The number of ether oxygens (including phenoxy) is 6. The largest absolute Gasteiger partial charge is 0.408 e. The van der Waals surface area contributed by atoms with E-state index in [4.69, 9.17) is 28.4 Å². The number of methoxy groups -OCH3 is 4. The van der Waals surface area contributed by atoms with Crippen molar-refractivity contribution in [1.29, 1.82) is 0 Å². The first-order valence-electron chi connectivity index (χ1n) is 7.00. The van der Waals surface area contributed by atoms with E-state index < -0.39 is 23.9 Å². The molecule has 0 aliphatic rings. The zero-order valence-corrected chi connectivity index (χ0v) is 14.1. The highest BCUT2D eigenvalue weighted by Gasteiger charge is 2.34. The van der Waals surface area contributed by atoms with Crippen LogP contribution in [0, 0.1) is 0 Å². The quantitative estimate of drug-likeness (QED) is 0.418. The van der Waals surface area contributed by atoms with Crippen molar-refractivity contribution >= 4 is 11.9 Å². The molecule has 0 aromatic heterocycles. The normalized spacial score (nSPS) is 12.1. The molecule has 0 amide bonds. The zero-order chi connectivity index (χ0) is 17.2. The Balaban J connectivity index is 4.44. The van der Waals surface area contributed by atoms with Crippen LogP contribution in [0.3, 0.4) is 0 Å². The van der Waals surface area contributed by atoms with Gasteiger partial charge in [0.05, 0.1) is 12.8 Å². The fourth-order valence-corrected chi connectivity index (χ4v) is 1.71. The van der Waals surface area contributed by atoms with Crippen LogP contribution in [-0.4, -0.2) is 52.3 Å². The summed E-state index contributed by atoms with van der Waals surface area (Å²) in [5.41, 5.74) is 0. The van der Waals surface area contributed by atoms with Crippen LogP contribution in [0.1, 0.15) is 39.5 Å². The average Bonchev–Trinajstić information content (AvgIpc) is 2.56. The van der Waals surface area contributed by atoms with Crippen molar-refractivity contribution in [1.82, 2.24) is 0 Å². The van der Waals surface area contributed by atoms with Crippen LogP contribution in [-0.2, 0) is 38.0 Å². The molecule has 0 radical (unpaired) electrons. The Kier molecular flexibility index (Phi) is 9.19. The van der Waals surface area contributed by atoms with Gasteiger partial charge in [0.25, 0.3) is 0 Å². The molecule has 0 aliphatic heterocycles. The Morgan fingerprint density at radius 3 is 1.14 bits per heavy atom. The number of carbonyl (C=O) groups is 2. The van der Waals surface area contributed by atoms with Crippen LogP contribution in [0.2, 0.25) is 0 Å². The molecule has 0 bridgehead atoms. The summed E-state index contributed by atoms with van der Waals surface area (Å²) in [7, 11) is 5.45. The van der Waals surface area contributed by atoms with Crippen LogP contribution >= 0.6 is 0 Å². The molecule has 0 atom stereocenters. The van der Waals surface area contributed by atoms with Gasteiger partial charge in [-0.3, -0.25) is 9.59 Å². The topological polar surface area (TPSA) is 89.5 Å². The molecule has 8 heteroatoms. The van der Waals surface area contributed by atoms with Gasteiger partial charge in [0.2, 0.25) is 0 Å². The first-order chi connectivity index (χ1) is 10.4. The summed E-state index contributed by atoms with van der Waals surface area (Å²) >= 11 is 0. The molecule has 0 rings (SSSR count). The number of hydrogen-bond donors (Lipinski definition) is 0. The molecule has 0 spiro atoms. The predicted molar refractivity (Wildman–Crippen MR) is 75.5 cm³/mol. The lowest BCUT2D eigenvalue weighted by Gasteiger charge is -2.29. The lowest BCUT2D eigenvalue weighted by Crippen LogP contribution is -2.39. The van der Waals surface area contributed by atoms with Gasteiger partial charge in [-0.15, -0.1) is 0 Å². The Morgan fingerprint density at radius 2 is 0.955 bits per heavy atom. The molecule has 0 fully saturated rings. The predicted octanol–water partition coefficient (Wildman–Crippen LogP) is 1.57. The van der Waals surface area contributed by atoms with Gasteiger partial charge in [0.1, 0.15) is 0 Å². The van der Waals surface area contributed by atoms with E-state index in [1.165, 1.54) is 28.4 Å². The van der Waals surface area contributed by atoms with Gasteiger partial charge < -0.3 is 28.4 Å². The number of esters is 2. The fraction of sp³-hybridized carbons (Fsp3) is 0.857. The third-order valence-electron chi connectivity index (χ3n) is 3.18. The standard InChI is InChI=1S/C14H26O8/c1-7-13(17-3,18-4)21-11(15)9-10-12(16)22-14(8-2,19-5)20-6/h7-10H2,1-6H3. The summed E-state index contributed by atoms with van der Waals surface area (Å²) in [5, 5.41) is 0. The van der Waals surface area contributed by atoms with Crippen molar-refractivity contribution in [2.45, 2.75) is 51.5 Å². The van der Waals surface area contributed by atoms with Crippen molar-refractivity contribution in [3.8, 4) is 0 Å². The second-order valence-corrected chi connectivity index (χ2v) is 4.34. The molecule has 130 valence electrons. The van der Waals surface area contributed by atoms with Crippen molar-refractivity contribution < 1.29 is 38.0 Å². The van der Waals surface area contributed by atoms with E-state index in [0.29, 0.717) is 12.8 Å². The third-order valence-corrected chi connectivity index (χ3v) is 3.18. The zero-order valence-electron chi connectivity index (χ0n) is 14.1. The monoisotopic (exact) mass is 322 g/mol. The van der Waals surface area contributed by atoms with E-state index >= 15 is 0 Å². The Hall–Kier alpha value is -1.22. The van der Waals surface area contributed by atoms with E-state index in [0.717, 1.165) is 0 Å². The van der Waals surface area contributed by atoms with Crippen LogP contribution in [0.25, 0.3) is 0 Å². The van der Waals surface area contributed by atoms with E-state index in [-0.39, 0.29) is 12.8 Å². The van der Waals surface area contributed by atoms with Crippen molar-refractivity contribution in [2.24, 2.45) is 0 Å². The van der Waals surface area contributed by atoms with Gasteiger partial charge in [-0.25, -0.2) is 0 Å². The summed E-state index contributed by atoms with van der Waals surface area (Å²) in [5.74, 6) is -4.15. The Morgan fingerprint density at radius 1 is 0.682 bits per heavy atom. The lowest BCUT2D eigenvalue weighted by atomic mass is 10.3. The maximum atomic E-state index is 11.8. The highest BCUT2D eigenvalue weighted by atomic mass is 16.9. The smallest absolute Gasteiger partial charge is 0.328 e. The SMILES string of the molecule is CCC(OC)(OC)OC(=O)CCC(=O)OC(CC)(OC)OC. The second-order valence-electron chi connectivity index (χ2n) is 4.34. The number of hydrogen-bond acceptors (Lipinski definition) is 8. The molecule has 22 heavy (non-hydrogen) atoms. The lowest BCUT2D eigenvalue weighted by molar-refractivity contribution is -0.347. The minimum absolute atomic E-state index is 0.180. The van der Waals surface area contributed by atoms with Gasteiger partial charge >= 0.3 is 23.9 Å². The summed E-state index contributed by atoms with van der Waals surface area (Å²) < 4.78 is 30.3. The van der Waals surface area contributed by atoms with E-state index in [2.05, 4.69) is 0 Å².